The van der Waals surface area contributed by atoms with Gasteiger partial charge in [-0.15, -0.1) is 4.68 Å². The molecule has 3 rings (SSSR count). The highest BCUT2D eigenvalue weighted by Gasteiger charge is 2.22. The lowest BCUT2D eigenvalue weighted by Gasteiger charge is -2.04. The fourth-order valence-corrected chi connectivity index (χ4v) is 3.00. The van der Waals surface area contributed by atoms with Crippen LogP contribution in [0.2, 0.25) is 5.02 Å². The number of carbonyl (C=O) groups excluding carboxylic acids is 1. The summed E-state index contributed by atoms with van der Waals surface area (Å²) in [5.41, 5.74) is 6.98. The molecule has 2 N–H and O–H groups in total. The van der Waals surface area contributed by atoms with Gasteiger partial charge < -0.3 is 15.2 Å². The van der Waals surface area contributed by atoms with Gasteiger partial charge in [0.25, 0.3) is 5.88 Å². The lowest BCUT2D eigenvalue weighted by atomic mass is 10.1. The van der Waals surface area contributed by atoms with Crippen LogP contribution < -0.4 is 19.9 Å². The predicted octanol–water partition coefficient (Wildman–Crippen LogP) is 2.71. The highest BCUT2D eigenvalue weighted by molar-refractivity contribution is 6.31. The van der Waals surface area contributed by atoms with Crippen LogP contribution in [0, 0.1) is 0 Å². The van der Waals surface area contributed by atoms with Crippen LogP contribution in [0.5, 0.6) is 11.6 Å². The Morgan fingerprint density at radius 3 is 2.86 bits per heavy atom. The van der Waals surface area contributed by atoms with E-state index in [9.17, 15) is 4.79 Å². The number of carbonyl (C=O) groups is 1. The van der Waals surface area contributed by atoms with Gasteiger partial charge in [0.1, 0.15) is 5.75 Å². The normalized spacial score (nSPS) is 11.0. The molecule has 2 heterocycles. The van der Waals surface area contributed by atoms with Crippen molar-refractivity contribution in [2.24, 2.45) is 0 Å². The molecule has 0 unspecified atom stereocenters. The molecule has 8 nitrogen and oxygen atoms in total. The van der Waals surface area contributed by atoms with E-state index in [4.69, 9.17) is 26.8 Å². The van der Waals surface area contributed by atoms with E-state index in [1.807, 2.05) is 0 Å². The summed E-state index contributed by atoms with van der Waals surface area (Å²) in [6, 6.07) is 8.39. The monoisotopic (exact) mass is 404 g/mol. The molecule has 0 bridgehead atoms. The molecule has 0 saturated carbocycles. The van der Waals surface area contributed by atoms with Gasteiger partial charge in [-0.1, -0.05) is 35.9 Å². The molecule has 2 aromatic heterocycles. The van der Waals surface area contributed by atoms with Gasteiger partial charge >= 0.3 is 11.6 Å². The molecule has 0 fully saturated rings. The number of benzene rings is 1. The Morgan fingerprint density at radius 2 is 2.11 bits per heavy atom. The first-order valence-electron chi connectivity index (χ1n) is 9.07. The Hall–Kier alpha value is -2.87. The number of aromatic nitrogens is 4. The molecule has 0 aliphatic heterocycles. The maximum absolute atomic E-state index is 12.7. The summed E-state index contributed by atoms with van der Waals surface area (Å²) in [6.07, 6.45) is 3.19. The average molecular weight is 405 g/mol. The van der Waals surface area contributed by atoms with Gasteiger partial charge in [0.2, 0.25) is 5.78 Å². The molecule has 0 amide bonds. The molecule has 28 heavy (non-hydrogen) atoms. The molecule has 0 spiro atoms. The zero-order chi connectivity index (χ0) is 20.1. The summed E-state index contributed by atoms with van der Waals surface area (Å²) in [5, 5.41) is 9.00. The Morgan fingerprint density at radius 1 is 1.29 bits per heavy atom. The third-order valence-corrected chi connectivity index (χ3v) is 4.43. The van der Waals surface area contributed by atoms with Crippen molar-refractivity contribution in [1.82, 2.24) is 14.7 Å². The highest BCUT2D eigenvalue weighted by Crippen LogP contribution is 2.21. The van der Waals surface area contributed by atoms with Crippen LogP contribution in [-0.4, -0.2) is 34.2 Å². The first-order chi connectivity index (χ1) is 13.5. The number of ketones is 1. The summed E-state index contributed by atoms with van der Waals surface area (Å²) in [6.45, 7) is 2.72. The van der Waals surface area contributed by atoms with E-state index in [0.29, 0.717) is 34.5 Å². The number of nitrogens with zero attached hydrogens (tertiary/aromatic N) is 4. The van der Waals surface area contributed by atoms with Crippen LogP contribution in [0.25, 0.3) is 5.65 Å². The second-order valence-corrected chi connectivity index (χ2v) is 6.75. The maximum atomic E-state index is 12.7. The summed E-state index contributed by atoms with van der Waals surface area (Å²) >= 11 is 6.05. The topological polar surface area (TPSA) is 95.6 Å². The molecule has 0 atom stereocenters. The van der Waals surface area contributed by atoms with Crippen molar-refractivity contribution in [2.75, 3.05) is 19.5 Å². The van der Waals surface area contributed by atoms with Crippen LogP contribution in [0.4, 0.5) is 5.95 Å². The number of halogens is 1. The van der Waals surface area contributed by atoms with Crippen LogP contribution >= 0.6 is 11.6 Å². The third kappa shape index (κ3) is 4.51. The van der Waals surface area contributed by atoms with E-state index in [1.54, 1.807) is 30.3 Å². The number of ether oxygens (including phenoxy) is 2. The zero-order valence-electron chi connectivity index (χ0n) is 15.9. The molecule has 148 valence electrons. The number of anilines is 1. The number of hydrogen-bond donors (Lipinski definition) is 1. The molecular weight excluding hydrogens is 382 g/mol. The van der Waals surface area contributed by atoms with E-state index in [0.717, 1.165) is 19.3 Å². The first-order valence-corrected chi connectivity index (χ1v) is 9.45. The number of Topliss-reactive ketones (excluding diaryl/α,β-unsaturated/α-hetero) is 1. The van der Waals surface area contributed by atoms with Crippen molar-refractivity contribution in [3.8, 4) is 11.6 Å². The second-order valence-electron chi connectivity index (χ2n) is 6.32. The number of nitrogens with two attached hydrogens (primary N) is 1. The summed E-state index contributed by atoms with van der Waals surface area (Å²) in [5.74, 6) is 0.975. The van der Waals surface area contributed by atoms with E-state index in [2.05, 4.69) is 17.1 Å². The van der Waals surface area contributed by atoms with Crippen molar-refractivity contribution in [3.05, 3.63) is 40.9 Å². The smallest absolute Gasteiger partial charge is 0.355 e. The van der Waals surface area contributed by atoms with Crippen LogP contribution in [0.1, 0.15) is 36.5 Å². The maximum Gasteiger partial charge on any atom is 0.355 e. The van der Waals surface area contributed by atoms with Crippen LogP contribution in [0.3, 0.4) is 0 Å². The number of methoxy groups -OCH3 is 1. The predicted molar refractivity (Wildman–Crippen MR) is 105 cm³/mol. The van der Waals surface area contributed by atoms with Crippen LogP contribution in [-0.2, 0) is 6.54 Å². The molecule has 9 heteroatoms. The minimum atomic E-state index is -0.175. The Kier molecular flexibility index (Phi) is 6.30. The van der Waals surface area contributed by atoms with Crippen molar-refractivity contribution in [3.63, 3.8) is 0 Å². The highest BCUT2D eigenvalue weighted by atomic mass is 35.5. The molecule has 0 aliphatic carbocycles. The molecule has 1 aromatic carbocycles. The van der Waals surface area contributed by atoms with E-state index in [-0.39, 0.29) is 18.3 Å². The number of fused-ring (bicyclic) bond motifs is 1. The summed E-state index contributed by atoms with van der Waals surface area (Å²) in [4.78, 5) is 12.7. The lowest BCUT2D eigenvalue weighted by Crippen LogP contribution is -2.40. The van der Waals surface area contributed by atoms with Gasteiger partial charge in [-0.3, -0.25) is 4.79 Å². The SMILES string of the molecule is CCCCCOc1ccc2n(n1)c(N)n[n+]2CC(=O)c1cc(Cl)cc(OC)c1. The fourth-order valence-electron chi connectivity index (χ4n) is 2.77. The summed E-state index contributed by atoms with van der Waals surface area (Å²) in [7, 11) is 1.52. The average Bonchev–Trinajstić information content (AvgIpc) is 2.99. The minimum Gasteiger partial charge on any atom is -0.497 e. The van der Waals surface area contributed by atoms with Crippen LogP contribution in [0.15, 0.2) is 30.3 Å². The lowest BCUT2D eigenvalue weighted by molar-refractivity contribution is -0.714. The van der Waals surface area contributed by atoms with Gasteiger partial charge in [0, 0.05) is 22.7 Å². The molecular formula is C19H23ClN5O3+. The Bertz CT molecular complexity index is 989. The quantitative estimate of drug-likeness (QED) is 0.334. The Labute approximate surface area is 167 Å². The molecule has 0 radical (unpaired) electrons. The zero-order valence-corrected chi connectivity index (χ0v) is 16.6. The standard InChI is InChI=1S/C19H23ClN5O3/c1-3-4-5-8-28-17-6-7-18-24(23-19(21)25(18)22-17)12-16(26)13-9-14(20)11-15(10-13)27-2/h6-7,9-11H,3-5,8,12H2,1-2H3,(H2,21,23)/q+1. The van der Waals surface area contributed by atoms with E-state index >= 15 is 0 Å². The number of hydrogen-bond acceptors (Lipinski definition) is 6. The molecule has 0 saturated heterocycles. The number of rotatable bonds is 9. The largest absolute Gasteiger partial charge is 0.497 e. The van der Waals surface area contributed by atoms with Crippen molar-refractivity contribution in [2.45, 2.75) is 32.7 Å². The van der Waals surface area contributed by atoms with Crippen molar-refractivity contribution >= 4 is 29.0 Å². The van der Waals surface area contributed by atoms with Crippen molar-refractivity contribution < 1.29 is 19.0 Å². The number of nitrogen functional groups attached to an aromatic ring is 1. The van der Waals surface area contributed by atoms with E-state index < -0.39 is 0 Å². The van der Waals surface area contributed by atoms with Crippen molar-refractivity contribution in [1.29, 1.82) is 0 Å². The van der Waals surface area contributed by atoms with Gasteiger partial charge in [-0.05, 0) is 34.8 Å². The number of unbranched alkanes of at least 4 members (excludes halogenated alkanes) is 2. The van der Waals surface area contributed by atoms with Gasteiger partial charge in [0.15, 0.2) is 6.54 Å². The Balaban J connectivity index is 1.80. The summed E-state index contributed by atoms with van der Waals surface area (Å²) < 4.78 is 13.8. The van der Waals surface area contributed by atoms with E-state index in [1.165, 1.54) is 16.3 Å². The van der Waals surface area contributed by atoms with Gasteiger partial charge in [-0.2, -0.15) is 0 Å². The molecule has 0 aliphatic rings. The molecule has 3 aromatic rings. The third-order valence-electron chi connectivity index (χ3n) is 4.22. The first kappa shape index (κ1) is 19.9. The minimum absolute atomic E-state index is 0.0113. The van der Waals surface area contributed by atoms with Gasteiger partial charge in [0.05, 0.1) is 13.7 Å². The van der Waals surface area contributed by atoms with Gasteiger partial charge in [-0.25, -0.2) is 0 Å². The fraction of sp³-hybridized carbons (Fsp3) is 0.368. The second kappa shape index (κ2) is 8.88.